The molecule has 1 unspecified atom stereocenters. The van der Waals surface area contributed by atoms with Crippen molar-refractivity contribution < 1.29 is 9.13 Å². The van der Waals surface area contributed by atoms with Gasteiger partial charge >= 0.3 is 0 Å². The van der Waals surface area contributed by atoms with Crippen LogP contribution in [0, 0.1) is 5.82 Å². The number of ether oxygens (including phenoxy) is 1. The van der Waals surface area contributed by atoms with E-state index < -0.39 is 5.82 Å². The number of rotatable bonds is 2. The molecule has 4 heteroatoms. The molecule has 1 N–H and O–H groups in total. The minimum atomic E-state index is -0.457. The molecule has 0 amide bonds. The van der Waals surface area contributed by atoms with Gasteiger partial charge in [0, 0.05) is 0 Å². The predicted molar refractivity (Wildman–Crippen MR) is 62.5 cm³/mol. The molecule has 1 aromatic carbocycles. The van der Waals surface area contributed by atoms with Crippen molar-refractivity contribution in [2.45, 2.75) is 25.4 Å². The molecule has 1 aromatic rings. The Morgan fingerprint density at radius 2 is 2.19 bits per heavy atom. The summed E-state index contributed by atoms with van der Waals surface area (Å²) < 4.78 is 19.2. The minimum absolute atomic E-state index is 0.0861. The van der Waals surface area contributed by atoms with Crippen LogP contribution in [0.1, 0.15) is 19.3 Å². The fraction of sp³-hybridized carbons (Fsp3) is 0.500. The largest absolute Gasteiger partial charge is 0.487 e. The van der Waals surface area contributed by atoms with E-state index in [1.54, 1.807) is 12.1 Å². The fourth-order valence-electron chi connectivity index (χ4n) is 1.86. The van der Waals surface area contributed by atoms with Gasteiger partial charge in [0.2, 0.25) is 0 Å². The van der Waals surface area contributed by atoms with E-state index >= 15 is 0 Å². The Bertz CT molecular complexity index is 351. The second kappa shape index (κ2) is 5.51. The molecule has 1 fully saturated rings. The third kappa shape index (κ3) is 2.86. The average Bonchev–Trinajstić information content (AvgIpc) is 2.53. The van der Waals surface area contributed by atoms with Crippen LogP contribution in [-0.4, -0.2) is 19.2 Å². The van der Waals surface area contributed by atoms with Gasteiger partial charge in [-0.1, -0.05) is 17.7 Å². The normalized spacial score (nSPS) is 21.5. The first-order valence-corrected chi connectivity index (χ1v) is 5.96. The zero-order chi connectivity index (χ0) is 11.4. The van der Waals surface area contributed by atoms with E-state index in [9.17, 15) is 4.39 Å². The lowest BCUT2D eigenvalue weighted by Gasteiger charge is -2.17. The van der Waals surface area contributed by atoms with Gasteiger partial charge in [-0.2, -0.15) is 0 Å². The summed E-state index contributed by atoms with van der Waals surface area (Å²) in [6.07, 6.45) is 3.01. The maximum Gasteiger partial charge on any atom is 0.183 e. The Kier molecular flexibility index (Phi) is 4.02. The minimum Gasteiger partial charge on any atom is -0.487 e. The van der Waals surface area contributed by atoms with Crippen LogP contribution < -0.4 is 10.1 Å². The van der Waals surface area contributed by atoms with Crippen LogP contribution in [0.25, 0.3) is 0 Å². The Morgan fingerprint density at radius 3 is 3.06 bits per heavy atom. The molecule has 0 bridgehead atoms. The molecule has 0 spiro atoms. The summed E-state index contributed by atoms with van der Waals surface area (Å²) in [5.41, 5.74) is 0. The van der Waals surface area contributed by atoms with Gasteiger partial charge in [-0.05, 0) is 44.5 Å². The lowest BCUT2D eigenvalue weighted by atomic mass is 10.1. The zero-order valence-corrected chi connectivity index (χ0v) is 9.77. The fourth-order valence-corrected chi connectivity index (χ4v) is 2.03. The van der Waals surface area contributed by atoms with Gasteiger partial charge < -0.3 is 10.1 Å². The predicted octanol–water partition coefficient (Wildman–Crippen LogP) is 3.00. The molecule has 1 aliphatic rings. The molecular formula is C12H15ClFNO. The summed E-state index contributed by atoms with van der Waals surface area (Å²) in [7, 11) is 0. The van der Waals surface area contributed by atoms with Crippen LogP contribution in [0.15, 0.2) is 18.2 Å². The van der Waals surface area contributed by atoms with Gasteiger partial charge in [0.1, 0.15) is 6.10 Å². The molecule has 1 atom stereocenters. The van der Waals surface area contributed by atoms with E-state index in [1.807, 2.05) is 0 Å². The van der Waals surface area contributed by atoms with Crippen LogP contribution in [0.3, 0.4) is 0 Å². The maximum absolute atomic E-state index is 13.6. The first kappa shape index (κ1) is 11.7. The monoisotopic (exact) mass is 243 g/mol. The Labute approximate surface area is 99.7 Å². The van der Waals surface area contributed by atoms with Gasteiger partial charge in [-0.15, -0.1) is 0 Å². The first-order valence-electron chi connectivity index (χ1n) is 5.59. The SMILES string of the molecule is Fc1c(Cl)cccc1OC1CCCNCC1. The van der Waals surface area contributed by atoms with Crippen molar-refractivity contribution in [3.05, 3.63) is 29.0 Å². The van der Waals surface area contributed by atoms with Gasteiger partial charge in [0.05, 0.1) is 5.02 Å². The highest BCUT2D eigenvalue weighted by Gasteiger charge is 2.16. The molecule has 2 rings (SSSR count). The molecule has 0 aromatic heterocycles. The highest BCUT2D eigenvalue weighted by Crippen LogP contribution is 2.26. The van der Waals surface area contributed by atoms with E-state index in [0.717, 1.165) is 32.4 Å². The molecule has 0 saturated carbocycles. The van der Waals surface area contributed by atoms with Gasteiger partial charge in [-0.25, -0.2) is 4.39 Å². The van der Waals surface area contributed by atoms with Crippen molar-refractivity contribution in [2.24, 2.45) is 0 Å². The molecule has 88 valence electrons. The molecule has 16 heavy (non-hydrogen) atoms. The van der Waals surface area contributed by atoms with Crippen molar-refractivity contribution >= 4 is 11.6 Å². The van der Waals surface area contributed by atoms with Gasteiger partial charge in [0.15, 0.2) is 11.6 Å². The smallest absolute Gasteiger partial charge is 0.183 e. The van der Waals surface area contributed by atoms with Crippen molar-refractivity contribution in [2.75, 3.05) is 13.1 Å². The van der Waals surface area contributed by atoms with Crippen LogP contribution in [-0.2, 0) is 0 Å². The second-order valence-corrected chi connectivity index (χ2v) is 4.38. The number of halogens is 2. The molecule has 2 nitrogen and oxygen atoms in total. The van der Waals surface area contributed by atoms with Crippen LogP contribution in [0.4, 0.5) is 4.39 Å². The quantitative estimate of drug-likeness (QED) is 0.862. The molecule has 0 aliphatic carbocycles. The molecule has 1 aliphatic heterocycles. The summed E-state index contributed by atoms with van der Waals surface area (Å²) in [5, 5.41) is 3.40. The van der Waals surface area contributed by atoms with Crippen molar-refractivity contribution in [3.8, 4) is 5.75 Å². The number of nitrogens with one attached hydrogen (secondary N) is 1. The van der Waals surface area contributed by atoms with Gasteiger partial charge in [0.25, 0.3) is 0 Å². The van der Waals surface area contributed by atoms with Crippen LogP contribution in [0.5, 0.6) is 5.75 Å². The summed E-state index contributed by atoms with van der Waals surface area (Å²) >= 11 is 5.70. The maximum atomic E-state index is 13.6. The molecule has 1 saturated heterocycles. The van der Waals surface area contributed by atoms with Crippen molar-refractivity contribution in [1.82, 2.24) is 5.32 Å². The Hall–Kier alpha value is -0.800. The third-order valence-electron chi connectivity index (χ3n) is 2.73. The van der Waals surface area contributed by atoms with E-state index in [1.165, 1.54) is 6.07 Å². The summed E-state index contributed by atoms with van der Waals surface area (Å²) in [5.74, 6) is -0.194. The van der Waals surface area contributed by atoms with Gasteiger partial charge in [-0.3, -0.25) is 0 Å². The average molecular weight is 244 g/mol. The van der Waals surface area contributed by atoms with E-state index in [-0.39, 0.29) is 16.9 Å². The van der Waals surface area contributed by atoms with Crippen LogP contribution >= 0.6 is 11.6 Å². The van der Waals surface area contributed by atoms with E-state index in [0.29, 0.717) is 0 Å². The van der Waals surface area contributed by atoms with E-state index in [2.05, 4.69) is 5.32 Å². The van der Waals surface area contributed by atoms with E-state index in [4.69, 9.17) is 16.3 Å². The number of hydrogen-bond donors (Lipinski definition) is 1. The topological polar surface area (TPSA) is 21.3 Å². The zero-order valence-electron chi connectivity index (χ0n) is 9.01. The summed E-state index contributed by atoms with van der Waals surface area (Å²) in [4.78, 5) is 0. The van der Waals surface area contributed by atoms with Crippen molar-refractivity contribution in [3.63, 3.8) is 0 Å². The second-order valence-electron chi connectivity index (χ2n) is 3.97. The van der Waals surface area contributed by atoms with Crippen LogP contribution in [0.2, 0.25) is 5.02 Å². The Balaban J connectivity index is 2.04. The Morgan fingerprint density at radius 1 is 1.31 bits per heavy atom. The third-order valence-corrected chi connectivity index (χ3v) is 3.02. The number of benzene rings is 1. The van der Waals surface area contributed by atoms with Crippen molar-refractivity contribution in [1.29, 1.82) is 0 Å². The molecular weight excluding hydrogens is 229 g/mol. The molecule has 0 radical (unpaired) electrons. The number of hydrogen-bond acceptors (Lipinski definition) is 2. The summed E-state index contributed by atoms with van der Waals surface area (Å²) in [6, 6.07) is 4.85. The summed E-state index contributed by atoms with van der Waals surface area (Å²) in [6.45, 7) is 1.94. The molecule has 1 heterocycles. The lowest BCUT2D eigenvalue weighted by Crippen LogP contribution is -2.19. The standard InChI is InChI=1S/C12H15ClFNO/c13-10-4-1-5-11(12(10)14)16-9-3-2-7-15-8-6-9/h1,4-5,9,15H,2-3,6-8H2. The lowest BCUT2D eigenvalue weighted by molar-refractivity contribution is 0.179. The highest BCUT2D eigenvalue weighted by molar-refractivity contribution is 6.30. The first-order chi connectivity index (χ1) is 7.77. The highest BCUT2D eigenvalue weighted by atomic mass is 35.5.